The van der Waals surface area contributed by atoms with Crippen molar-refractivity contribution >= 4 is 17.6 Å². The van der Waals surface area contributed by atoms with Gasteiger partial charge in [-0.05, 0) is 19.1 Å². The Hall–Kier alpha value is -0.720. The molecule has 0 unspecified atom stereocenters. The summed E-state index contributed by atoms with van der Waals surface area (Å²) in [6, 6.07) is 0. The molecule has 0 fully saturated rings. The monoisotopic (exact) mass is 243 g/mol. The van der Waals surface area contributed by atoms with Crippen LogP contribution >= 0.6 is 11.8 Å². The van der Waals surface area contributed by atoms with Crippen molar-refractivity contribution in [3.63, 3.8) is 0 Å². The molecule has 0 bridgehead atoms. The lowest BCUT2D eigenvalue weighted by molar-refractivity contribution is 0.0983. The number of rotatable bonds is 6. The average molecular weight is 243 g/mol. The van der Waals surface area contributed by atoms with E-state index >= 15 is 0 Å². The molecule has 0 saturated carbocycles. The van der Waals surface area contributed by atoms with Crippen LogP contribution in [0.2, 0.25) is 0 Å². The summed E-state index contributed by atoms with van der Waals surface area (Å²) in [6.07, 6.45) is 6.20. The van der Waals surface area contributed by atoms with Crippen LogP contribution in [0.1, 0.15) is 26.7 Å². The summed E-state index contributed by atoms with van der Waals surface area (Å²) in [5.41, 5.74) is 9.58. The van der Waals surface area contributed by atoms with Crippen LogP contribution in [0.4, 0.5) is 0 Å². The van der Waals surface area contributed by atoms with E-state index in [2.05, 4.69) is 35.1 Å². The Morgan fingerprint density at radius 3 is 2.81 bits per heavy atom. The normalized spacial score (nSPS) is 19.2. The van der Waals surface area contributed by atoms with Crippen LogP contribution in [0.5, 0.6) is 0 Å². The van der Waals surface area contributed by atoms with Gasteiger partial charge >= 0.3 is 0 Å². The third kappa shape index (κ3) is 4.42. The lowest BCUT2D eigenvalue weighted by Crippen LogP contribution is -2.59. The third-order valence-electron chi connectivity index (χ3n) is 1.96. The fourth-order valence-electron chi connectivity index (χ4n) is 1.16. The molecular formula is C10H21N5S. The lowest BCUT2D eigenvalue weighted by Gasteiger charge is -2.30. The van der Waals surface area contributed by atoms with Crippen LogP contribution in [0.3, 0.4) is 0 Å². The molecule has 16 heavy (non-hydrogen) atoms. The summed E-state index contributed by atoms with van der Waals surface area (Å²) in [5, 5.41) is 2.85. The van der Waals surface area contributed by atoms with Gasteiger partial charge in [0.2, 0.25) is 0 Å². The van der Waals surface area contributed by atoms with Gasteiger partial charge in [-0.1, -0.05) is 19.1 Å². The number of hydrogen-bond donors (Lipinski definition) is 3. The Kier molecular flexibility index (Phi) is 6.29. The van der Waals surface area contributed by atoms with Crippen molar-refractivity contribution in [1.82, 2.24) is 21.5 Å². The van der Waals surface area contributed by atoms with Crippen LogP contribution in [-0.4, -0.2) is 30.4 Å². The predicted octanol–water partition coefficient (Wildman–Crippen LogP) is 1.24. The average Bonchev–Trinajstić information content (AvgIpc) is 2.33. The van der Waals surface area contributed by atoms with E-state index in [-0.39, 0.29) is 0 Å². The highest BCUT2D eigenvalue weighted by molar-refractivity contribution is 8.02. The zero-order valence-electron chi connectivity index (χ0n) is 10.2. The van der Waals surface area contributed by atoms with E-state index in [0.717, 1.165) is 36.8 Å². The van der Waals surface area contributed by atoms with Gasteiger partial charge in [0.05, 0.1) is 5.03 Å². The van der Waals surface area contributed by atoms with E-state index in [4.69, 9.17) is 0 Å². The molecule has 1 heterocycles. The molecule has 0 amide bonds. The fraction of sp³-hybridized carbons (Fsp3) is 0.700. The van der Waals surface area contributed by atoms with E-state index in [1.54, 1.807) is 17.0 Å². The van der Waals surface area contributed by atoms with Crippen molar-refractivity contribution in [1.29, 1.82) is 0 Å². The number of aliphatic imine (C=N–C) groups is 1. The summed E-state index contributed by atoms with van der Waals surface area (Å²) < 4.78 is 0. The smallest absolute Gasteiger partial charge is 0.140 e. The maximum atomic E-state index is 4.45. The quantitative estimate of drug-likeness (QED) is 0.655. The predicted molar refractivity (Wildman–Crippen MR) is 70.6 cm³/mol. The zero-order chi connectivity index (χ0) is 11.8. The van der Waals surface area contributed by atoms with Crippen molar-refractivity contribution in [2.75, 3.05) is 19.3 Å². The number of hydrazine groups is 3. The number of thioether (sulfide) groups is 1. The standard InChI is InChI=1S/C10H21N5S/c1-4-6-11-9-8-10(16-3)14-15(13-9)12-7-5-2/h8,12,14H,4-7H2,1-3H3,(H,11,13). The summed E-state index contributed by atoms with van der Waals surface area (Å²) in [5.74, 6) is 0.897. The molecule has 3 N–H and O–H groups in total. The first kappa shape index (κ1) is 13.3. The van der Waals surface area contributed by atoms with E-state index in [1.807, 2.05) is 12.3 Å². The molecule has 5 nitrogen and oxygen atoms in total. The minimum atomic E-state index is 0.849. The lowest BCUT2D eigenvalue weighted by atomic mass is 10.4. The Balaban J connectivity index is 2.58. The van der Waals surface area contributed by atoms with Gasteiger partial charge in [0.25, 0.3) is 0 Å². The second-order valence-corrected chi connectivity index (χ2v) is 4.29. The highest BCUT2D eigenvalue weighted by atomic mass is 32.2. The van der Waals surface area contributed by atoms with Gasteiger partial charge < -0.3 is 0 Å². The number of amidine groups is 1. The number of nitrogens with one attached hydrogen (secondary N) is 3. The van der Waals surface area contributed by atoms with Crippen molar-refractivity contribution < 1.29 is 0 Å². The van der Waals surface area contributed by atoms with Crippen LogP contribution in [0.15, 0.2) is 16.1 Å². The minimum absolute atomic E-state index is 0.849. The summed E-state index contributed by atoms with van der Waals surface area (Å²) in [4.78, 5) is 4.45. The van der Waals surface area contributed by atoms with E-state index in [1.165, 1.54) is 0 Å². The molecule has 1 aliphatic heterocycles. The molecule has 1 aliphatic rings. The van der Waals surface area contributed by atoms with E-state index < -0.39 is 0 Å². The molecule has 6 heteroatoms. The molecule has 0 spiro atoms. The van der Waals surface area contributed by atoms with Gasteiger partial charge in [0.1, 0.15) is 5.84 Å². The molecule has 92 valence electrons. The van der Waals surface area contributed by atoms with Gasteiger partial charge in [0, 0.05) is 19.2 Å². The molecule has 0 atom stereocenters. The highest BCUT2D eigenvalue weighted by Crippen LogP contribution is 2.10. The largest absolute Gasteiger partial charge is 0.281 e. The molecule has 0 saturated heterocycles. The molecule has 0 aliphatic carbocycles. The van der Waals surface area contributed by atoms with Gasteiger partial charge in [-0.3, -0.25) is 15.8 Å². The Morgan fingerprint density at radius 2 is 2.19 bits per heavy atom. The highest BCUT2D eigenvalue weighted by Gasteiger charge is 2.13. The van der Waals surface area contributed by atoms with E-state index in [0.29, 0.717) is 0 Å². The van der Waals surface area contributed by atoms with Crippen LogP contribution < -0.4 is 16.3 Å². The third-order valence-corrected chi connectivity index (χ3v) is 2.61. The van der Waals surface area contributed by atoms with E-state index in [9.17, 15) is 0 Å². The summed E-state index contributed by atoms with van der Waals surface area (Å²) in [6.45, 7) is 6.02. The first-order valence-electron chi connectivity index (χ1n) is 5.67. The molecule has 0 aromatic carbocycles. The fourth-order valence-corrected chi connectivity index (χ4v) is 1.57. The first-order valence-corrected chi connectivity index (χ1v) is 6.89. The second kappa shape index (κ2) is 7.54. The van der Waals surface area contributed by atoms with Crippen LogP contribution in [-0.2, 0) is 0 Å². The van der Waals surface area contributed by atoms with Gasteiger partial charge in [-0.25, -0.2) is 5.43 Å². The first-order chi connectivity index (χ1) is 7.80. The van der Waals surface area contributed by atoms with Gasteiger partial charge in [-0.2, -0.15) is 0 Å². The van der Waals surface area contributed by atoms with Crippen LogP contribution in [0.25, 0.3) is 0 Å². The Morgan fingerprint density at radius 1 is 1.38 bits per heavy atom. The maximum Gasteiger partial charge on any atom is 0.140 e. The molecular weight excluding hydrogens is 222 g/mol. The molecule has 0 aromatic heterocycles. The SMILES string of the molecule is CCCN=C1C=C(SC)NN(NCCC)N1. The second-order valence-electron chi connectivity index (χ2n) is 3.45. The summed E-state index contributed by atoms with van der Waals surface area (Å²) >= 11 is 1.67. The molecule has 0 radical (unpaired) electrons. The number of hydrogen-bond acceptors (Lipinski definition) is 5. The Bertz CT molecular complexity index is 264. The molecule has 1 rings (SSSR count). The zero-order valence-corrected chi connectivity index (χ0v) is 11.0. The van der Waals surface area contributed by atoms with Gasteiger partial charge in [0.15, 0.2) is 0 Å². The Labute approximate surface area is 102 Å². The van der Waals surface area contributed by atoms with Crippen LogP contribution in [0, 0.1) is 0 Å². The number of nitrogens with zero attached hydrogens (tertiary/aromatic N) is 2. The maximum absolute atomic E-state index is 4.45. The van der Waals surface area contributed by atoms with Crippen molar-refractivity contribution in [2.45, 2.75) is 26.7 Å². The van der Waals surface area contributed by atoms with Gasteiger partial charge in [-0.15, -0.1) is 11.8 Å². The van der Waals surface area contributed by atoms with Crippen molar-refractivity contribution in [2.24, 2.45) is 4.99 Å². The summed E-state index contributed by atoms with van der Waals surface area (Å²) in [7, 11) is 0. The van der Waals surface area contributed by atoms with Crippen molar-refractivity contribution in [3.05, 3.63) is 11.1 Å². The molecule has 0 aromatic rings. The minimum Gasteiger partial charge on any atom is -0.281 e. The topological polar surface area (TPSA) is 51.7 Å². The van der Waals surface area contributed by atoms with Crippen molar-refractivity contribution in [3.8, 4) is 0 Å².